The number of nitrogens with zero attached hydrogens (tertiary/aromatic N) is 6. The van der Waals surface area contributed by atoms with E-state index >= 15 is 0 Å². The van der Waals surface area contributed by atoms with Crippen LogP contribution in [0.5, 0.6) is 0 Å². The molecule has 42 heavy (non-hydrogen) atoms. The lowest BCUT2D eigenvalue weighted by atomic mass is 10.0. The summed E-state index contributed by atoms with van der Waals surface area (Å²) in [6.07, 6.45) is 1.33. The van der Waals surface area contributed by atoms with E-state index in [-0.39, 0.29) is 22.9 Å². The molecular weight excluding hydrogens is 554 g/mol. The summed E-state index contributed by atoms with van der Waals surface area (Å²) in [5, 5.41) is 13.1. The maximum atomic E-state index is 14.4. The molecular formula is C29H27N9O3S. The summed E-state index contributed by atoms with van der Waals surface area (Å²) in [6.45, 7) is 1.80. The van der Waals surface area contributed by atoms with Crippen LogP contribution in [0.4, 0.5) is 17.5 Å². The van der Waals surface area contributed by atoms with Crippen LogP contribution >= 0.6 is 0 Å². The van der Waals surface area contributed by atoms with Gasteiger partial charge in [0.25, 0.3) is 5.56 Å². The molecule has 4 N–H and O–H groups in total. The number of hydrogen-bond acceptors (Lipinski definition) is 9. The van der Waals surface area contributed by atoms with Gasteiger partial charge in [-0.05, 0) is 48.4 Å². The molecule has 0 saturated carbocycles. The van der Waals surface area contributed by atoms with Gasteiger partial charge in [-0.3, -0.25) is 14.1 Å². The SMILES string of the molecule is C[C@@H](Nc1nc(N)ncc1C#N)c1nc2cccc(-c3cccc(NS(=O)(=O)N(C)C)c3)c2c(=O)n1-c1ccccc1. The van der Waals surface area contributed by atoms with Gasteiger partial charge >= 0.3 is 10.2 Å². The summed E-state index contributed by atoms with van der Waals surface area (Å²) in [5.74, 6) is 0.594. The first-order chi connectivity index (χ1) is 20.1. The van der Waals surface area contributed by atoms with Crippen molar-refractivity contribution in [2.75, 3.05) is 29.9 Å². The Morgan fingerprint density at radius 3 is 2.48 bits per heavy atom. The second kappa shape index (κ2) is 11.3. The third-order valence-electron chi connectivity index (χ3n) is 6.51. The number of nitrogens with two attached hydrogens (primary N) is 1. The van der Waals surface area contributed by atoms with Crippen molar-refractivity contribution >= 4 is 38.6 Å². The second-order valence-electron chi connectivity index (χ2n) is 9.58. The lowest BCUT2D eigenvalue weighted by Gasteiger charge is -2.21. The molecule has 0 bridgehead atoms. The van der Waals surface area contributed by atoms with Gasteiger partial charge in [0, 0.05) is 14.1 Å². The number of benzene rings is 3. The maximum absolute atomic E-state index is 14.4. The Labute approximate surface area is 242 Å². The van der Waals surface area contributed by atoms with Crippen molar-refractivity contribution < 1.29 is 8.42 Å². The smallest absolute Gasteiger partial charge is 0.301 e. The minimum atomic E-state index is -3.73. The molecule has 0 aliphatic carbocycles. The van der Waals surface area contributed by atoms with Crippen LogP contribution in [0, 0.1) is 11.3 Å². The summed E-state index contributed by atoms with van der Waals surface area (Å²) < 4.78 is 30.0. The van der Waals surface area contributed by atoms with E-state index in [1.807, 2.05) is 24.3 Å². The van der Waals surface area contributed by atoms with Crippen LogP contribution < -0.4 is 21.3 Å². The number of hydrogen-bond donors (Lipinski definition) is 3. The zero-order valence-electron chi connectivity index (χ0n) is 23.0. The van der Waals surface area contributed by atoms with E-state index in [0.29, 0.717) is 39.2 Å². The molecule has 2 aromatic heterocycles. The van der Waals surface area contributed by atoms with E-state index in [1.165, 1.54) is 24.9 Å². The number of rotatable bonds is 8. The van der Waals surface area contributed by atoms with Crippen molar-refractivity contribution in [1.82, 2.24) is 23.8 Å². The Hall–Kier alpha value is -5.32. The van der Waals surface area contributed by atoms with E-state index < -0.39 is 16.3 Å². The maximum Gasteiger partial charge on any atom is 0.301 e. The molecule has 13 heteroatoms. The van der Waals surface area contributed by atoms with Crippen LogP contribution in [-0.4, -0.2) is 46.3 Å². The molecule has 5 rings (SSSR count). The van der Waals surface area contributed by atoms with Crippen LogP contribution in [0.2, 0.25) is 0 Å². The Bertz CT molecular complexity index is 2000. The van der Waals surface area contributed by atoms with E-state index in [4.69, 9.17) is 10.7 Å². The van der Waals surface area contributed by atoms with Gasteiger partial charge in [0.05, 0.1) is 34.5 Å². The van der Waals surface area contributed by atoms with Crippen LogP contribution in [0.15, 0.2) is 83.8 Å². The number of nitrogen functional groups attached to an aromatic ring is 1. The highest BCUT2D eigenvalue weighted by molar-refractivity contribution is 7.90. The van der Waals surface area contributed by atoms with Gasteiger partial charge in [0.1, 0.15) is 23.3 Å². The molecule has 0 aliphatic rings. The molecule has 0 aliphatic heterocycles. The number of aromatic nitrogens is 4. The molecule has 0 spiro atoms. The average molecular weight is 582 g/mol. The van der Waals surface area contributed by atoms with Gasteiger partial charge in [-0.25, -0.2) is 9.97 Å². The minimum absolute atomic E-state index is 0.00429. The highest BCUT2D eigenvalue weighted by Crippen LogP contribution is 2.30. The summed E-state index contributed by atoms with van der Waals surface area (Å²) in [7, 11) is -0.864. The number of fused-ring (bicyclic) bond motifs is 1. The summed E-state index contributed by atoms with van der Waals surface area (Å²) in [4.78, 5) is 27.3. The quantitative estimate of drug-likeness (QED) is 0.247. The van der Waals surface area contributed by atoms with Crippen LogP contribution in [0.1, 0.15) is 24.4 Å². The van der Waals surface area contributed by atoms with Gasteiger partial charge in [0.2, 0.25) is 5.95 Å². The number of para-hydroxylation sites is 1. The molecule has 0 fully saturated rings. The van der Waals surface area contributed by atoms with Gasteiger partial charge in [-0.2, -0.15) is 23.0 Å². The number of nitrogens with one attached hydrogen (secondary N) is 2. The topological polar surface area (TPSA) is 172 Å². The van der Waals surface area contributed by atoms with Crippen molar-refractivity contribution in [3.63, 3.8) is 0 Å². The molecule has 2 heterocycles. The molecule has 0 saturated heterocycles. The predicted octanol–water partition coefficient (Wildman–Crippen LogP) is 3.69. The number of nitriles is 1. The molecule has 1 atom stereocenters. The van der Waals surface area contributed by atoms with Crippen molar-refractivity contribution in [3.05, 3.63) is 101 Å². The van der Waals surface area contributed by atoms with Gasteiger partial charge < -0.3 is 11.1 Å². The van der Waals surface area contributed by atoms with Crippen LogP contribution in [0.25, 0.3) is 27.7 Å². The summed E-state index contributed by atoms with van der Waals surface area (Å²) in [5.41, 5.74) is 8.23. The molecule has 0 amide bonds. The largest absolute Gasteiger partial charge is 0.368 e. The molecule has 12 nitrogen and oxygen atoms in total. The fourth-order valence-corrected chi connectivity index (χ4v) is 5.06. The molecule has 5 aromatic rings. The Morgan fingerprint density at radius 1 is 1.02 bits per heavy atom. The second-order valence-corrected chi connectivity index (χ2v) is 11.5. The van der Waals surface area contributed by atoms with E-state index in [2.05, 4.69) is 20.0 Å². The van der Waals surface area contributed by atoms with Crippen molar-refractivity contribution in [3.8, 4) is 22.9 Å². The first kappa shape index (κ1) is 28.2. The number of anilines is 3. The van der Waals surface area contributed by atoms with Gasteiger partial charge in [-0.1, -0.05) is 42.5 Å². The third-order valence-corrected chi connectivity index (χ3v) is 7.96. The first-order valence-electron chi connectivity index (χ1n) is 12.8. The average Bonchev–Trinajstić information content (AvgIpc) is 2.97. The minimum Gasteiger partial charge on any atom is -0.368 e. The highest BCUT2D eigenvalue weighted by Gasteiger charge is 2.22. The Morgan fingerprint density at radius 2 is 1.76 bits per heavy atom. The van der Waals surface area contributed by atoms with Crippen molar-refractivity contribution in [1.29, 1.82) is 5.26 Å². The molecule has 212 valence electrons. The third kappa shape index (κ3) is 5.49. The Kier molecular flexibility index (Phi) is 7.58. The zero-order valence-corrected chi connectivity index (χ0v) is 23.8. The van der Waals surface area contributed by atoms with Gasteiger partial charge in [-0.15, -0.1) is 0 Å². The monoisotopic (exact) mass is 581 g/mol. The van der Waals surface area contributed by atoms with Crippen LogP contribution in [0.3, 0.4) is 0 Å². The summed E-state index contributed by atoms with van der Waals surface area (Å²) in [6, 6.07) is 22.7. The fourth-order valence-electron chi connectivity index (χ4n) is 4.45. The van der Waals surface area contributed by atoms with E-state index in [9.17, 15) is 18.5 Å². The van der Waals surface area contributed by atoms with Crippen molar-refractivity contribution in [2.24, 2.45) is 0 Å². The van der Waals surface area contributed by atoms with E-state index in [0.717, 1.165) is 4.31 Å². The summed E-state index contributed by atoms with van der Waals surface area (Å²) >= 11 is 0. The normalized spacial score (nSPS) is 12.2. The van der Waals surface area contributed by atoms with Gasteiger partial charge in [0.15, 0.2) is 0 Å². The van der Waals surface area contributed by atoms with Crippen molar-refractivity contribution in [2.45, 2.75) is 13.0 Å². The van der Waals surface area contributed by atoms with E-state index in [1.54, 1.807) is 61.5 Å². The Balaban J connectivity index is 1.70. The lowest BCUT2D eigenvalue weighted by Crippen LogP contribution is -2.29. The first-order valence-corrected chi connectivity index (χ1v) is 14.2. The standard InChI is InChI=1S/C29H27N9O3S/c1-18(33-26-20(16-30)17-32-29(31)35-26)27-34-24-14-8-13-23(25(24)28(39)38(27)22-11-5-4-6-12-22)19-9-7-10-21(15-19)36-42(40,41)37(2)3/h4-15,17-18,36H,1-3H3,(H3,31,32,33,35)/t18-/m1/s1. The highest BCUT2D eigenvalue weighted by atomic mass is 32.2. The zero-order chi connectivity index (χ0) is 30.0. The molecule has 0 radical (unpaired) electrons. The lowest BCUT2D eigenvalue weighted by molar-refractivity contribution is 0.527. The fraction of sp³-hybridized carbons (Fsp3) is 0.138. The van der Waals surface area contributed by atoms with Crippen LogP contribution in [-0.2, 0) is 10.2 Å². The predicted molar refractivity (Wildman–Crippen MR) is 162 cm³/mol. The molecule has 3 aromatic carbocycles. The molecule has 0 unspecified atom stereocenters.